The molecule has 0 unspecified atom stereocenters. The van der Waals surface area contributed by atoms with Crippen LogP contribution in [0, 0.1) is 5.92 Å². The van der Waals surface area contributed by atoms with Crippen LogP contribution in [0.4, 0.5) is 4.79 Å². The molecule has 1 saturated heterocycles. The summed E-state index contributed by atoms with van der Waals surface area (Å²) in [4.78, 5) is 54.8. The summed E-state index contributed by atoms with van der Waals surface area (Å²) >= 11 is 0. The van der Waals surface area contributed by atoms with Gasteiger partial charge in [0.2, 0.25) is 11.8 Å². The molecule has 1 aliphatic heterocycles. The molecule has 2 aliphatic rings. The number of carbonyl (C=O) groups is 4. The number of nitrogens with one attached hydrogen (secondary N) is 3. The van der Waals surface area contributed by atoms with E-state index in [2.05, 4.69) is 21.1 Å². The Hall–Kier alpha value is -4.61. The molecule has 2 aromatic carbocycles. The van der Waals surface area contributed by atoms with Crippen LogP contribution in [0.15, 0.2) is 65.8 Å². The Labute approximate surface area is 245 Å². The van der Waals surface area contributed by atoms with E-state index in [-0.39, 0.29) is 18.4 Å². The van der Waals surface area contributed by atoms with Crippen molar-refractivity contribution in [2.45, 2.75) is 50.2 Å². The number of aliphatic carboxylic acids is 1. The van der Waals surface area contributed by atoms with Crippen LogP contribution in [0.5, 0.6) is 0 Å². The van der Waals surface area contributed by atoms with E-state index in [1.165, 1.54) is 4.90 Å². The standard InChI is InChI=1S/C30H39N7O5/c31-33-20-36-15-7-8-21(18-36)17-32-26(38)16-25(29(41)37(19-27(39)40)24-13-14-24)34-30(42)35-28(22-9-3-1-4-10-22)23-11-5-2-6-12-23/h1-6,9-12,20-21,24-25,28H,7-8,13-19,31H2,(H,32,38)(H,39,40)(H2,34,35,42)/t21-,25-/m0/s1. The third kappa shape index (κ3) is 8.95. The van der Waals surface area contributed by atoms with Crippen molar-refractivity contribution in [1.82, 2.24) is 25.8 Å². The van der Waals surface area contributed by atoms with E-state index >= 15 is 0 Å². The van der Waals surface area contributed by atoms with Crippen molar-refractivity contribution in [2.24, 2.45) is 16.9 Å². The van der Waals surface area contributed by atoms with Crippen LogP contribution < -0.4 is 21.8 Å². The van der Waals surface area contributed by atoms with Crippen molar-refractivity contribution in [3.8, 4) is 0 Å². The zero-order valence-electron chi connectivity index (χ0n) is 23.5. The Balaban J connectivity index is 1.46. The molecule has 6 N–H and O–H groups in total. The van der Waals surface area contributed by atoms with Gasteiger partial charge in [0.05, 0.1) is 12.5 Å². The number of rotatable bonds is 13. The van der Waals surface area contributed by atoms with Gasteiger partial charge in [-0.3, -0.25) is 14.4 Å². The van der Waals surface area contributed by atoms with Crippen molar-refractivity contribution >= 4 is 30.2 Å². The topological polar surface area (TPSA) is 169 Å². The molecule has 12 heteroatoms. The SMILES string of the molecule is NN=CN1CCC[C@@H](CNC(=O)C[C@H](NC(=O)NC(c2ccccc2)c2ccccc2)C(=O)N(CC(=O)O)C2CC2)C1. The lowest BCUT2D eigenvalue weighted by molar-refractivity contribution is -0.146. The number of urea groups is 1. The van der Waals surface area contributed by atoms with Gasteiger partial charge in [0.1, 0.15) is 18.9 Å². The van der Waals surface area contributed by atoms with Crippen LogP contribution >= 0.6 is 0 Å². The highest BCUT2D eigenvalue weighted by Gasteiger charge is 2.38. The van der Waals surface area contributed by atoms with Gasteiger partial charge in [-0.25, -0.2) is 4.79 Å². The fraction of sp³-hybridized carbons (Fsp3) is 0.433. The molecule has 1 heterocycles. The van der Waals surface area contributed by atoms with E-state index in [1.54, 1.807) is 6.34 Å². The third-order valence-corrected chi connectivity index (χ3v) is 7.48. The van der Waals surface area contributed by atoms with E-state index in [9.17, 15) is 24.3 Å². The molecule has 2 atom stereocenters. The van der Waals surface area contributed by atoms with Crippen molar-refractivity contribution < 1.29 is 24.3 Å². The van der Waals surface area contributed by atoms with Gasteiger partial charge in [-0.15, -0.1) is 0 Å². The molecular weight excluding hydrogens is 538 g/mol. The molecule has 4 rings (SSSR count). The Kier molecular flexibility index (Phi) is 10.7. The van der Waals surface area contributed by atoms with Gasteiger partial charge < -0.3 is 36.7 Å². The summed E-state index contributed by atoms with van der Waals surface area (Å²) in [6, 6.07) is 16.2. The number of piperidine rings is 1. The Morgan fingerprint density at radius 2 is 1.64 bits per heavy atom. The van der Waals surface area contributed by atoms with Gasteiger partial charge in [0, 0.05) is 25.7 Å². The molecule has 1 aliphatic carbocycles. The second-order valence-corrected chi connectivity index (χ2v) is 10.8. The van der Waals surface area contributed by atoms with Crippen molar-refractivity contribution in [3.05, 3.63) is 71.8 Å². The molecule has 42 heavy (non-hydrogen) atoms. The maximum atomic E-state index is 13.6. The predicted octanol–water partition coefficient (Wildman–Crippen LogP) is 1.64. The fourth-order valence-electron chi connectivity index (χ4n) is 5.28. The Bertz CT molecular complexity index is 1200. The molecule has 0 spiro atoms. The molecule has 2 fully saturated rings. The molecule has 12 nitrogen and oxygen atoms in total. The lowest BCUT2D eigenvalue weighted by Crippen LogP contribution is -2.54. The van der Waals surface area contributed by atoms with Crippen molar-refractivity contribution in [3.63, 3.8) is 0 Å². The molecular formula is C30H39N7O5. The molecule has 0 bridgehead atoms. The minimum absolute atomic E-state index is 0.179. The number of nitrogens with two attached hydrogens (primary N) is 1. The smallest absolute Gasteiger partial charge is 0.323 e. The van der Waals surface area contributed by atoms with E-state index in [0.29, 0.717) is 25.9 Å². The molecule has 1 saturated carbocycles. The number of hydrogen-bond acceptors (Lipinski definition) is 6. The van der Waals surface area contributed by atoms with Gasteiger partial charge in [-0.1, -0.05) is 60.7 Å². The summed E-state index contributed by atoms with van der Waals surface area (Å²) in [5.41, 5.74) is 1.68. The van der Waals surface area contributed by atoms with Crippen LogP contribution in [-0.2, 0) is 14.4 Å². The first-order valence-electron chi connectivity index (χ1n) is 14.3. The minimum atomic E-state index is -1.25. The first-order valence-corrected chi connectivity index (χ1v) is 14.3. The van der Waals surface area contributed by atoms with Crippen LogP contribution in [0.1, 0.15) is 49.3 Å². The highest BCUT2D eigenvalue weighted by molar-refractivity contribution is 5.93. The number of nitrogens with zero attached hydrogens (tertiary/aromatic N) is 3. The number of carboxylic acids is 1. The van der Waals surface area contributed by atoms with Crippen LogP contribution in [0.25, 0.3) is 0 Å². The predicted molar refractivity (Wildman–Crippen MR) is 157 cm³/mol. The first-order chi connectivity index (χ1) is 20.3. The number of benzene rings is 2. The lowest BCUT2D eigenvalue weighted by atomic mass is 9.98. The second kappa shape index (κ2) is 14.9. The monoisotopic (exact) mass is 577 g/mol. The second-order valence-electron chi connectivity index (χ2n) is 10.8. The van der Waals surface area contributed by atoms with Crippen LogP contribution in [-0.4, -0.2) is 83.3 Å². The van der Waals surface area contributed by atoms with Gasteiger partial charge in [-0.2, -0.15) is 5.10 Å². The average molecular weight is 578 g/mol. The minimum Gasteiger partial charge on any atom is -0.480 e. The molecule has 0 aromatic heterocycles. The number of hydrazone groups is 1. The average Bonchev–Trinajstić information content (AvgIpc) is 3.84. The van der Waals surface area contributed by atoms with Gasteiger partial charge in [-0.05, 0) is 42.7 Å². The molecule has 0 radical (unpaired) electrons. The summed E-state index contributed by atoms with van der Waals surface area (Å²) in [5.74, 6) is 3.29. The zero-order valence-corrected chi connectivity index (χ0v) is 23.5. The van der Waals surface area contributed by atoms with Gasteiger partial charge in [0.25, 0.3) is 0 Å². The molecule has 2 aromatic rings. The van der Waals surface area contributed by atoms with E-state index < -0.39 is 42.4 Å². The Morgan fingerprint density at radius 3 is 2.21 bits per heavy atom. The summed E-state index contributed by atoms with van der Waals surface area (Å²) in [6.45, 7) is 1.43. The number of likely N-dealkylation sites (tertiary alicyclic amines) is 1. The van der Waals surface area contributed by atoms with Gasteiger partial charge in [0.15, 0.2) is 0 Å². The van der Waals surface area contributed by atoms with Crippen LogP contribution in [0.3, 0.4) is 0 Å². The highest BCUT2D eigenvalue weighted by Crippen LogP contribution is 2.28. The number of carboxylic acid groups (broad SMARTS) is 1. The van der Waals surface area contributed by atoms with E-state index in [0.717, 1.165) is 30.5 Å². The van der Waals surface area contributed by atoms with E-state index in [1.807, 2.05) is 65.6 Å². The third-order valence-electron chi connectivity index (χ3n) is 7.48. The number of carbonyl (C=O) groups excluding carboxylic acids is 3. The van der Waals surface area contributed by atoms with Crippen molar-refractivity contribution in [2.75, 3.05) is 26.2 Å². The zero-order chi connectivity index (χ0) is 29.9. The number of hydrogen-bond donors (Lipinski definition) is 5. The maximum Gasteiger partial charge on any atom is 0.323 e. The number of amides is 4. The van der Waals surface area contributed by atoms with Crippen LogP contribution in [0.2, 0.25) is 0 Å². The first kappa shape index (κ1) is 30.4. The largest absolute Gasteiger partial charge is 0.480 e. The lowest BCUT2D eigenvalue weighted by Gasteiger charge is -2.31. The van der Waals surface area contributed by atoms with E-state index in [4.69, 9.17) is 5.84 Å². The summed E-state index contributed by atoms with van der Waals surface area (Å²) in [7, 11) is 0. The highest BCUT2D eigenvalue weighted by atomic mass is 16.4. The Morgan fingerprint density at radius 1 is 1.00 bits per heavy atom. The maximum absolute atomic E-state index is 13.6. The summed E-state index contributed by atoms with van der Waals surface area (Å²) in [5, 5.41) is 21.5. The van der Waals surface area contributed by atoms with Gasteiger partial charge >= 0.3 is 12.0 Å². The normalized spacial score (nSPS) is 17.5. The quantitative estimate of drug-likeness (QED) is 0.104. The summed E-state index contributed by atoms with van der Waals surface area (Å²) < 4.78 is 0. The molecule has 224 valence electrons. The molecule has 4 amide bonds. The fourth-order valence-corrected chi connectivity index (χ4v) is 5.28. The summed E-state index contributed by atoms with van der Waals surface area (Å²) in [6.07, 6.45) is 4.48. The van der Waals surface area contributed by atoms with Crippen molar-refractivity contribution in [1.29, 1.82) is 0 Å².